The number of hydrogen-bond donors (Lipinski definition) is 2. The minimum absolute atomic E-state index is 0.335. The van der Waals surface area contributed by atoms with Crippen molar-refractivity contribution in [3.05, 3.63) is 35.0 Å². The van der Waals surface area contributed by atoms with Crippen LogP contribution in [0.5, 0.6) is 0 Å². The standard InChI is InChI=1S/C18H16N4O4S/c23-16-14(27-18(26)21-16)7-10-3-4-13-12(6-10)15(20-9-19-13)22-5-1-2-11(8-22)17(24)25/h3-4,6-7,9,11H,1-2,5,8H2,(H,24,25)(H,21,23,26)/b14-7-. The number of aliphatic carboxylic acids is 1. The molecule has 1 atom stereocenters. The van der Waals surface area contributed by atoms with Gasteiger partial charge >= 0.3 is 5.97 Å². The summed E-state index contributed by atoms with van der Waals surface area (Å²) in [7, 11) is 0. The van der Waals surface area contributed by atoms with Crippen molar-refractivity contribution in [1.29, 1.82) is 0 Å². The number of fused-ring (bicyclic) bond motifs is 1. The zero-order valence-electron chi connectivity index (χ0n) is 14.2. The van der Waals surface area contributed by atoms with E-state index in [1.54, 1.807) is 6.08 Å². The summed E-state index contributed by atoms with van der Waals surface area (Å²) in [4.78, 5) is 45.4. The molecule has 2 aliphatic heterocycles. The normalized spacial score (nSPS) is 21.7. The summed E-state index contributed by atoms with van der Waals surface area (Å²) in [5, 5.41) is 12.0. The number of carbonyl (C=O) groups excluding carboxylic acids is 2. The minimum Gasteiger partial charge on any atom is -0.481 e. The fourth-order valence-corrected chi connectivity index (χ4v) is 4.03. The number of benzene rings is 1. The van der Waals surface area contributed by atoms with Gasteiger partial charge in [0, 0.05) is 18.5 Å². The third-order valence-electron chi connectivity index (χ3n) is 4.65. The molecule has 1 unspecified atom stereocenters. The molecule has 2 saturated heterocycles. The van der Waals surface area contributed by atoms with Gasteiger partial charge in [0.1, 0.15) is 12.1 Å². The molecule has 2 fully saturated rings. The van der Waals surface area contributed by atoms with E-state index < -0.39 is 17.8 Å². The number of anilines is 1. The van der Waals surface area contributed by atoms with Crippen molar-refractivity contribution in [3.8, 4) is 0 Å². The molecule has 3 heterocycles. The molecule has 0 radical (unpaired) electrons. The highest BCUT2D eigenvalue weighted by Gasteiger charge is 2.27. The van der Waals surface area contributed by atoms with Crippen LogP contribution in [0.25, 0.3) is 17.0 Å². The lowest BCUT2D eigenvalue weighted by molar-refractivity contribution is -0.142. The summed E-state index contributed by atoms with van der Waals surface area (Å²) >= 11 is 0.864. The summed E-state index contributed by atoms with van der Waals surface area (Å²) in [5.74, 6) is -0.933. The molecule has 0 bridgehead atoms. The number of thioether (sulfide) groups is 1. The molecule has 2 amide bonds. The highest BCUT2D eigenvalue weighted by molar-refractivity contribution is 8.18. The van der Waals surface area contributed by atoms with Gasteiger partial charge in [-0.05, 0) is 48.4 Å². The molecule has 9 heteroatoms. The van der Waals surface area contributed by atoms with Gasteiger partial charge in [-0.15, -0.1) is 0 Å². The van der Waals surface area contributed by atoms with Crippen molar-refractivity contribution in [2.45, 2.75) is 12.8 Å². The van der Waals surface area contributed by atoms with E-state index in [-0.39, 0.29) is 5.24 Å². The van der Waals surface area contributed by atoms with Gasteiger partial charge in [-0.3, -0.25) is 19.7 Å². The highest BCUT2D eigenvalue weighted by atomic mass is 32.2. The Morgan fingerprint density at radius 3 is 2.93 bits per heavy atom. The van der Waals surface area contributed by atoms with E-state index in [0.29, 0.717) is 23.7 Å². The molecular formula is C18H16N4O4S. The minimum atomic E-state index is -0.794. The van der Waals surface area contributed by atoms with Crippen molar-refractivity contribution in [2.75, 3.05) is 18.0 Å². The lowest BCUT2D eigenvalue weighted by atomic mass is 9.98. The Morgan fingerprint density at radius 1 is 1.33 bits per heavy atom. The molecule has 0 saturated carbocycles. The van der Waals surface area contributed by atoms with Crippen molar-refractivity contribution in [1.82, 2.24) is 15.3 Å². The van der Waals surface area contributed by atoms with Crippen LogP contribution in [0.1, 0.15) is 18.4 Å². The van der Waals surface area contributed by atoms with Crippen LogP contribution >= 0.6 is 11.8 Å². The first kappa shape index (κ1) is 17.5. The monoisotopic (exact) mass is 384 g/mol. The van der Waals surface area contributed by atoms with Gasteiger partial charge in [0.2, 0.25) is 0 Å². The number of nitrogens with zero attached hydrogens (tertiary/aromatic N) is 3. The molecule has 2 aliphatic rings. The molecule has 2 aromatic rings. The maximum Gasteiger partial charge on any atom is 0.308 e. The Labute approximate surface area is 158 Å². The molecule has 138 valence electrons. The number of aromatic nitrogens is 2. The number of carboxylic acids is 1. The predicted molar refractivity (Wildman–Crippen MR) is 101 cm³/mol. The summed E-state index contributed by atoms with van der Waals surface area (Å²) in [6.07, 6.45) is 4.56. The van der Waals surface area contributed by atoms with Crippen LogP contribution in [0.4, 0.5) is 10.6 Å². The van der Waals surface area contributed by atoms with E-state index in [1.807, 2.05) is 23.1 Å². The summed E-state index contributed by atoms with van der Waals surface area (Å²) in [6, 6.07) is 5.50. The molecule has 0 spiro atoms. The number of imide groups is 1. The summed E-state index contributed by atoms with van der Waals surface area (Å²) in [6.45, 7) is 1.13. The predicted octanol–water partition coefficient (Wildman–Crippen LogP) is 2.25. The molecule has 1 aromatic heterocycles. The lowest BCUT2D eigenvalue weighted by Crippen LogP contribution is -2.39. The SMILES string of the molecule is O=C1NC(=O)/C(=C/c2ccc3ncnc(N4CCCC(C(=O)O)C4)c3c2)S1. The summed E-state index contributed by atoms with van der Waals surface area (Å²) < 4.78 is 0. The van der Waals surface area contributed by atoms with E-state index in [0.717, 1.165) is 41.2 Å². The van der Waals surface area contributed by atoms with Crippen LogP contribution < -0.4 is 10.2 Å². The number of nitrogens with one attached hydrogen (secondary N) is 1. The van der Waals surface area contributed by atoms with Gasteiger partial charge < -0.3 is 10.0 Å². The van der Waals surface area contributed by atoms with E-state index >= 15 is 0 Å². The molecular weight excluding hydrogens is 368 g/mol. The number of hydrogen-bond acceptors (Lipinski definition) is 7. The second kappa shape index (κ2) is 6.99. The van der Waals surface area contributed by atoms with Gasteiger partial charge in [0.15, 0.2) is 0 Å². The van der Waals surface area contributed by atoms with E-state index in [9.17, 15) is 19.5 Å². The number of piperidine rings is 1. The van der Waals surface area contributed by atoms with Crippen molar-refractivity contribution >= 4 is 51.7 Å². The Hall–Kier alpha value is -2.94. The van der Waals surface area contributed by atoms with Crippen molar-refractivity contribution in [2.24, 2.45) is 5.92 Å². The van der Waals surface area contributed by atoms with Crippen LogP contribution in [-0.2, 0) is 9.59 Å². The van der Waals surface area contributed by atoms with Crippen LogP contribution in [0, 0.1) is 5.92 Å². The molecule has 1 aromatic carbocycles. The maximum absolute atomic E-state index is 11.8. The number of rotatable bonds is 3. The summed E-state index contributed by atoms with van der Waals surface area (Å²) in [5.41, 5.74) is 1.48. The average molecular weight is 384 g/mol. The number of amides is 2. The van der Waals surface area contributed by atoms with Crippen LogP contribution in [-0.4, -0.2) is 45.3 Å². The largest absolute Gasteiger partial charge is 0.481 e. The quantitative estimate of drug-likeness (QED) is 0.775. The zero-order valence-corrected chi connectivity index (χ0v) is 15.0. The van der Waals surface area contributed by atoms with Gasteiger partial charge in [0.05, 0.1) is 16.3 Å². The fraction of sp³-hybridized carbons (Fsp3) is 0.278. The molecule has 2 N–H and O–H groups in total. The first-order valence-corrected chi connectivity index (χ1v) is 9.30. The number of carbonyl (C=O) groups is 3. The molecule has 27 heavy (non-hydrogen) atoms. The van der Waals surface area contributed by atoms with Gasteiger partial charge in [-0.2, -0.15) is 0 Å². The second-order valence-corrected chi connectivity index (χ2v) is 7.46. The third kappa shape index (κ3) is 3.50. The fourth-order valence-electron chi connectivity index (χ4n) is 3.35. The molecule has 0 aliphatic carbocycles. The van der Waals surface area contributed by atoms with Crippen molar-refractivity contribution in [3.63, 3.8) is 0 Å². The smallest absolute Gasteiger partial charge is 0.308 e. The maximum atomic E-state index is 11.8. The Balaban J connectivity index is 1.72. The van der Waals surface area contributed by atoms with Gasteiger partial charge in [-0.25, -0.2) is 9.97 Å². The van der Waals surface area contributed by atoms with Crippen LogP contribution in [0.3, 0.4) is 0 Å². The Bertz CT molecular complexity index is 990. The average Bonchev–Trinajstić information content (AvgIpc) is 2.98. The van der Waals surface area contributed by atoms with Crippen LogP contribution in [0.15, 0.2) is 29.4 Å². The van der Waals surface area contributed by atoms with Crippen molar-refractivity contribution < 1.29 is 19.5 Å². The van der Waals surface area contributed by atoms with Gasteiger partial charge in [0.25, 0.3) is 11.1 Å². The zero-order chi connectivity index (χ0) is 19.0. The topological polar surface area (TPSA) is 112 Å². The van der Waals surface area contributed by atoms with Crippen LogP contribution in [0.2, 0.25) is 0 Å². The Kier molecular flexibility index (Phi) is 4.53. The Morgan fingerprint density at radius 2 is 2.19 bits per heavy atom. The van der Waals surface area contributed by atoms with E-state index in [2.05, 4.69) is 15.3 Å². The molecule has 8 nitrogen and oxygen atoms in total. The highest BCUT2D eigenvalue weighted by Crippen LogP contribution is 2.30. The van der Waals surface area contributed by atoms with E-state index in [4.69, 9.17) is 0 Å². The third-order valence-corrected chi connectivity index (χ3v) is 5.46. The number of carboxylic acid groups (broad SMARTS) is 1. The van der Waals surface area contributed by atoms with E-state index in [1.165, 1.54) is 6.33 Å². The first-order chi connectivity index (χ1) is 13.0. The first-order valence-electron chi connectivity index (χ1n) is 8.48. The molecule has 4 rings (SSSR count). The lowest BCUT2D eigenvalue weighted by Gasteiger charge is -2.32. The second-order valence-electron chi connectivity index (χ2n) is 6.45. The van der Waals surface area contributed by atoms with Gasteiger partial charge in [-0.1, -0.05) is 6.07 Å².